The SMILES string of the molecule is NC(=S)Nc1ccc(OC(F)F)cc1. The zero-order valence-corrected chi connectivity index (χ0v) is 7.85. The van der Waals surface area contributed by atoms with E-state index < -0.39 is 6.61 Å². The molecular weight excluding hydrogens is 210 g/mol. The Labute approximate surface area is 84.9 Å². The van der Waals surface area contributed by atoms with Crippen LogP contribution in [0, 0.1) is 0 Å². The highest BCUT2D eigenvalue weighted by Crippen LogP contribution is 2.17. The van der Waals surface area contributed by atoms with Gasteiger partial charge in [0.25, 0.3) is 0 Å². The standard InChI is InChI=1S/C8H8F2N2OS/c9-7(10)13-6-3-1-5(2-4-6)12-8(11)14/h1-4,7H,(H3,11,12,14). The third-order valence-electron chi connectivity index (χ3n) is 1.35. The van der Waals surface area contributed by atoms with E-state index in [-0.39, 0.29) is 10.9 Å². The second-order valence-electron chi connectivity index (χ2n) is 2.39. The first-order valence-electron chi connectivity index (χ1n) is 3.69. The van der Waals surface area contributed by atoms with Gasteiger partial charge in [0, 0.05) is 5.69 Å². The zero-order chi connectivity index (χ0) is 10.6. The van der Waals surface area contributed by atoms with Crippen molar-refractivity contribution in [1.82, 2.24) is 0 Å². The Bertz CT molecular complexity index is 316. The van der Waals surface area contributed by atoms with Crippen molar-refractivity contribution in [2.45, 2.75) is 6.61 Å². The van der Waals surface area contributed by atoms with Crippen LogP contribution in [-0.4, -0.2) is 11.7 Å². The highest BCUT2D eigenvalue weighted by atomic mass is 32.1. The Morgan fingerprint density at radius 1 is 1.36 bits per heavy atom. The summed E-state index contributed by atoms with van der Waals surface area (Å²) in [4.78, 5) is 0. The summed E-state index contributed by atoms with van der Waals surface area (Å²) in [5.41, 5.74) is 5.84. The molecule has 0 fully saturated rings. The second kappa shape index (κ2) is 4.71. The van der Waals surface area contributed by atoms with E-state index in [1.165, 1.54) is 24.3 Å². The molecule has 1 aromatic rings. The molecule has 76 valence electrons. The Morgan fingerprint density at radius 3 is 2.36 bits per heavy atom. The van der Waals surface area contributed by atoms with E-state index in [2.05, 4.69) is 22.3 Å². The molecule has 1 aromatic carbocycles. The van der Waals surface area contributed by atoms with Gasteiger partial charge in [-0.15, -0.1) is 0 Å². The summed E-state index contributed by atoms with van der Waals surface area (Å²) >= 11 is 4.60. The minimum atomic E-state index is -2.82. The molecule has 0 heterocycles. The lowest BCUT2D eigenvalue weighted by atomic mass is 10.3. The number of thiocarbonyl (C=S) groups is 1. The summed E-state index contributed by atoms with van der Waals surface area (Å²) in [5, 5.41) is 2.77. The quantitative estimate of drug-likeness (QED) is 0.761. The molecule has 3 N–H and O–H groups in total. The minimum absolute atomic E-state index is 0.0912. The lowest BCUT2D eigenvalue weighted by Crippen LogP contribution is -2.18. The predicted molar refractivity (Wildman–Crippen MR) is 53.5 cm³/mol. The Hall–Kier alpha value is -1.43. The topological polar surface area (TPSA) is 47.3 Å². The highest BCUT2D eigenvalue weighted by Gasteiger charge is 2.03. The highest BCUT2D eigenvalue weighted by molar-refractivity contribution is 7.80. The first-order valence-corrected chi connectivity index (χ1v) is 4.10. The van der Waals surface area contributed by atoms with Gasteiger partial charge in [-0.1, -0.05) is 0 Å². The van der Waals surface area contributed by atoms with Crippen LogP contribution in [0.5, 0.6) is 5.75 Å². The van der Waals surface area contributed by atoms with E-state index in [1.807, 2.05) is 0 Å². The van der Waals surface area contributed by atoms with Gasteiger partial charge in [-0.05, 0) is 36.5 Å². The zero-order valence-electron chi connectivity index (χ0n) is 7.04. The maximum atomic E-state index is 11.8. The van der Waals surface area contributed by atoms with Crippen molar-refractivity contribution in [3.05, 3.63) is 24.3 Å². The van der Waals surface area contributed by atoms with E-state index in [9.17, 15) is 8.78 Å². The van der Waals surface area contributed by atoms with Crippen LogP contribution < -0.4 is 15.8 Å². The van der Waals surface area contributed by atoms with Crippen LogP contribution in [0.25, 0.3) is 0 Å². The first kappa shape index (κ1) is 10.6. The van der Waals surface area contributed by atoms with Crippen molar-refractivity contribution >= 4 is 23.0 Å². The number of nitrogens with one attached hydrogen (secondary N) is 1. The molecule has 0 aliphatic heterocycles. The lowest BCUT2D eigenvalue weighted by Gasteiger charge is -2.06. The van der Waals surface area contributed by atoms with E-state index in [0.29, 0.717) is 5.69 Å². The van der Waals surface area contributed by atoms with Crippen LogP contribution >= 0.6 is 12.2 Å². The Morgan fingerprint density at radius 2 is 1.93 bits per heavy atom. The summed E-state index contributed by atoms with van der Waals surface area (Å²) in [6.07, 6.45) is 0. The molecule has 3 nitrogen and oxygen atoms in total. The van der Waals surface area contributed by atoms with Crippen molar-refractivity contribution < 1.29 is 13.5 Å². The van der Waals surface area contributed by atoms with Crippen LogP contribution in [0.2, 0.25) is 0 Å². The molecule has 14 heavy (non-hydrogen) atoms. The van der Waals surface area contributed by atoms with Crippen LogP contribution in [0.4, 0.5) is 14.5 Å². The molecule has 0 amide bonds. The lowest BCUT2D eigenvalue weighted by molar-refractivity contribution is -0.0498. The van der Waals surface area contributed by atoms with Crippen molar-refractivity contribution in [3.8, 4) is 5.75 Å². The van der Waals surface area contributed by atoms with E-state index in [0.717, 1.165) is 0 Å². The van der Waals surface area contributed by atoms with Gasteiger partial charge in [0.1, 0.15) is 5.75 Å². The number of rotatable bonds is 3. The Kier molecular flexibility index (Phi) is 3.58. The van der Waals surface area contributed by atoms with E-state index >= 15 is 0 Å². The number of anilines is 1. The average Bonchev–Trinajstić information content (AvgIpc) is 2.06. The number of ether oxygens (including phenoxy) is 1. The molecule has 1 rings (SSSR count). The fourth-order valence-corrected chi connectivity index (χ4v) is 0.980. The van der Waals surface area contributed by atoms with Gasteiger partial charge < -0.3 is 15.8 Å². The molecule has 0 radical (unpaired) electrons. The number of benzene rings is 1. The average molecular weight is 218 g/mol. The van der Waals surface area contributed by atoms with Crippen molar-refractivity contribution in [1.29, 1.82) is 0 Å². The van der Waals surface area contributed by atoms with Crippen molar-refractivity contribution in [2.24, 2.45) is 5.73 Å². The smallest absolute Gasteiger partial charge is 0.387 e. The van der Waals surface area contributed by atoms with Gasteiger partial charge in [-0.25, -0.2) is 0 Å². The van der Waals surface area contributed by atoms with Gasteiger partial charge in [0.2, 0.25) is 0 Å². The Balaban J connectivity index is 2.63. The fraction of sp³-hybridized carbons (Fsp3) is 0.125. The molecule has 0 saturated carbocycles. The van der Waals surface area contributed by atoms with Gasteiger partial charge in [-0.2, -0.15) is 8.78 Å². The van der Waals surface area contributed by atoms with Gasteiger partial charge in [0.05, 0.1) is 0 Å². The molecular formula is C8H8F2N2OS. The van der Waals surface area contributed by atoms with Crippen molar-refractivity contribution in [3.63, 3.8) is 0 Å². The van der Waals surface area contributed by atoms with Crippen LogP contribution in [0.1, 0.15) is 0 Å². The van der Waals surface area contributed by atoms with Crippen LogP contribution in [-0.2, 0) is 0 Å². The number of nitrogens with two attached hydrogens (primary N) is 1. The summed E-state index contributed by atoms with van der Waals surface area (Å²) in [6, 6.07) is 5.87. The molecule has 0 aromatic heterocycles. The molecule has 6 heteroatoms. The minimum Gasteiger partial charge on any atom is -0.435 e. The first-order chi connectivity index (χ1) is 6.58. The fourth-order valence-electron chi connectivity index (χ4n) is 0.862. The number of hydrogen-bond acceptors (Lipinski definition) is 2. The normalized spacial score (nSPS) is 9.93. The molecule has 0 bridgehead atoms. The van der Waals surface area contributed by atoms with E-state index in [1.54, 1.807) is 0 Å². The number of alkyl halides is 2. The molecule has 0 unspecified atom stereocenters. The second-order valence-corrected chi connectivity index (χ2v) is 2.83. The van der Waals surface area contributed by atoms with Crippen molar-refractivity contribution in [2.75, 3.05) is 5.32 Å². The monoisotopic (exact) mass is 218 g/mol. The van der Waals surface area contributed by atoms with Gasteiger partial charge in [-0.3, -0.25) is 0 Å². The summed E-state index contributed by atoms with van der Waals surface area (Å²) in [7, 11) is 0. The van der Waals surface area contributed by atoms with Crippen LogP contribution in [0.15, 0.2) is 24.3 Å². The molecule has 0 aliphatic carbocycles. The third-order valence-corrected chi connectivity index (χ3v) is 1.45. The maximum absolute atomic E-state index is 11.8. The summed E-state index contributed by atoms with van der Waals surface area (Å²) in [5.74, 6) is 0.0912. The largest absolute Gasteiger partial charge is 0.435 e. The number of hydrogen-bond donors (Lipinski definition) is 2. The number of halogens is 2. The summed E-state index contributed by atoms with van der Waals surface area (Å²) < 4.78 is 27.7. The predicted octanol–water partition coefficient (Wildman–Crippen LogP) is 1.94. The maximum Gasteiger partial charge on any atom is 0.387 e. The molecule has 0 atom stereocenters. The molecule has 0 aliphatic rings. The van der Waals surface area contributed by atoms with Gasteiger partial charge >= 0.3 is 6.61 Å². The van der Waals surface area contributed by atoms with E-state index in [4.69, 9.17) is 5.73 Å². The molecule has 0 saturated heterocycles. The summed E-state index contributed by atoms with van der Waals surface area (Å²) in [6.45, 7) is -2.82. The van der Waals surface area contributed by atoms with Gasteiger partial charge in [0.15, 0.2) is 5.11 Å². The molecule has 0 spiro atoms. The third kappa shape index (κ3) is 3.53. The van der Waals surface area contributed by atoms with Crippen LogP contribution in [0.3, 0.4) is 0 Å².